The van der Waals surface area contributed by atoms with Crippen LogP contribution in [0.1, 0.15) is 53.7 Å². The summed E-state index contributed by atoms with van der Waals surface area (Å²) in [5.41, 5.74) is 3.37. The van der Waals surface area contributed by atoms with E-state index in [1.165, 1.54) is 12.8 Å². The number of carbonyl (C=O) groups is 2. The Labute approximate surface area is 205 Å². The first-order valence-electron chi connectivity index (χ1n) is 12.1. The minimum atomic E-state index is -0.232. The van der Waals surface area contributed by atoms with Crippen molar-refractivity contribution in [3.05, 3.63) is 83.7 Å². The van der Waals surface area contributed by atoms with E-state index in [-0.39, 0.29) is 11.8 Å². The molecule has 176 valence electrons. The van der Waals surface area contributed by atoms with Gasteiger partial charge in [-0.05, 0) is 86.1 Å². The van der Waals surface area contributed by atoms with Crippen LogP contribution in [0.3, 0.4) is 0 Å². The van der Waals surface area contributed by atoms with Crippen molar-refractivity contribution in [1.29, 1.82) is 0 Å². The lowest BCUT2D eigenvalue weighted by molar-refractivity contribution is -0.119. The first kappa shape index (κ1) is 22.7. The fourth-order valence-corrected chi connectivity index (χ4v) is 3.97. The van der Waals surface area contributed by atoms with E-state index in [0.717, 1.165) is 30.6 Å². The molecule has 1 aliphatic carbocycles. The van der Waals surface area contributed by atoms with Gasteiger partial charge in [-0.1, -0.05) is 12.0 Å². The third-order valence-electron chi connectivity index (χ3n) is 6.11. The Hall–Kier alpha value is -4.11. The van der Waals surface area contributed by atoms with Crippen LogP contribution in [0, 0.1) is 17.8 Å². The van der Waals surface area contributed by atoms with E-state index in [1.807, 2.05) is 48.5 Å². The Morgan fingerprint density at radius 2 is 1.91 bits per heavy atom. The van der Waals surface area contributed by atoms with Gasteiger partial charge in [0.2, 0.25) is 5.91 Å². The van der Waals surface area contributed by atoms with Gasteiger partial charge in [-0.15, -0.1) is 0 Å². The molecule has 2 aromatic carbocycles. The van der Waals surface area contributed by atoms with Crippen LogP contribution in [0.4, 0.5) is 11.4 Å². The molecular formula is C29H27N3O3. The lowest BCUT2D eigenvalue weighted by Gasteiger charge is -2.26. The van der Waals surface area contributed by atoms with Crippen molar-refractivity contribution in [2.24, 2.45) is 5.92 Å². The number of piperidine rings is 1. The zero-order valence-electron chi connectivity index (χ0n) is 19.5. The van der Waals surface area contributed by atoms with Crippen molar-refractivity contribution < 1.29 is 14.3 Å². The fourth-order valence-electron chi connectivity index (χ4n) is 3.97. The number of amides is 2. The van der Waals surface area contributed by atoms with Gasteiger partial charge < -0.3 is 15.0 Å². The highest BCUT2D eigenvalue weighted by Crippen LogP contribution is 2.30. The molecule has 0 bridgehead atoms. The van der Waals surface area contributed by atoms with Crippen molar-refractivity contribution in [1.82, 2.24) is 4.98 Å². The number of nitrogens with one attached hydrogen (secondary N) is 1. The molecule has 0 atom stereocenters. The number of hydrogen-bond acceptors (Lipinski definition) is 4. The third kappa shape index (κ3) is 6.07. The number of pyridine rings is 1. The molecule has 0 spiro atoms. The summed E-state index contributed by atoms with van der Waals surface area (Å²) in [6, 6.07) is 18.3. The zero-order valence-corrected chi connectivity index (χ0v) is 19.5. The fraction of sp³-hybridized carbons (Fsp3) is 0.276. The average molecular weight is 466 g/mol. The SMILES string of the molecule is O=C(Nc1cc(C#Cc2ccccn2)cc(OCC2CC2)c1)c1ccc(N2CCCCC2=O)cc1. The van der Waals surface area contributed by atoms with Crippen LogP contribution in [0.15, 0.2) is 66.9 Å². The molecule has 2 fully saturated rings. The largest absolute Gasteiger partial charge is 0.493 e. The summed E-state index contributed by atoms with van der Waals surface area (Å²) in [5, 5.41) is 2.97. The Morgan fingerprint density at radius 3 is 2.66 bits per heavy atom. The van der Waals surface area contributed by atoms with Crippen LogP contribution in [-0.2, 0) is 4.79 Å². The van der Waals surface area contributed by atoms with Gasteiger partial charge in [0.05, 0.1) is 6.61 Å². The second-order valence-corrected chi connectivity index (χ2v) is 8.97. The summed E-state index contributed by atoms with van der Waals surface area (Å²) in [6.07, 6.45) is 6.61. The van der Waals surface area contributed by atoms with Crippen molar-refractivity contribution >= 4 is 23.2 Å². The summed E-state index contributed by atoms with van der Waals surface area (Å²) < 4.78 is 5.97. The maximum atomic E-state index is 13.0. The topological polar surface area (TPSA) is 71.5 Å². The minimum Gasteiger partial charge on any atom is -0.493 e. The minimum absolute atomic E-state index is 0.135. The maximum absolute atomic E-state index is 13.0. The van der Waals surface area contributed by atoms with Crippen LogP contribution in [0.25, 0.3) is 0 Å². The van der Waals surface area contributed by atoms with E-state index in [9.17, 15) is 9.59 Å². The van der Waals surface area contributed by atoms with Crippen molar-refractivity contribution in [2.75, 3.05) is 23.4 Å². The van der Waals surface area contributed by atoms with Gasteiger partial charge in [-0.2, -0.15) is 0 Å². The van der Waals surface area contributed by atoms with E-state index in [2.05, 4.69) is 22.1 Å². The number of rotatable bonds is 6. The normalized spacial score (nSPS) is 15.2. The second kappa shape index (κ2) is 10.4. The van der Waals surface area contributed by atoms with Gasteiger partial charge in [-0.3, -0.25) is 9.59 Å². The highest BCUT2D eigenvalue weighted by atomic mass is 16.5. The Bertz CT molecular complexity index is 1270. The standard InChI is InChI=1S/C29H27N3O3/c33-28-6-2-4-16-32(28)26-13-10-23(11-14-26)29(34)31-25-17-22(9-12-24-5-1-3-15-30-24)18-27(19-25)35-20-21-7-8-21/h1,3,5,10-11,13-15,17-19,21H,2,4,6-8,16,20H2,(H,31,34). The summed E-state index contributed by atoms with van der Waals surface area (Å²) >= 11 is 0. The second-order valence-electron chi connectivity index (χ2n) is 8.97. The van der Waals surface area contributed by atoms with Crippen molar-refractivity contribution in [2.45, 2.75) is 32.1 Å². The van der Waals surface area contributed by atoms with Crippen LogP contribution in [0.2, 0.25) is 0 Å². The number of anilines is 2. The van der Waals surface area contributed by atoms with Gasteiger partial charge in [0.1, 0.15) is 11.4 Å². The quantitative estimate of drug-likeness (QED) is 0.518. The maximum Gasteiger partial charge on any atom is 0.255 e. The lowest BCUT2D eigenvalue weighted by atomic mass is 10.1. The molecule has 6 nitrogen and oxygen atoms in total. The number of ether oxygens (including phenoxy) is 1. The molecule has 1 aliphatic heterocycles. The van der Waals surface area contributed by atoms with E-state index < -0.39 is 0 Å². The molecule has 0 radical (unpaired) electrons. The van der Waals surface area contributed by atoms with Crippen LogP contribution < -0.4 is 15.0 Å². The van der Waals surface area contributed by atoms with Crippen LogP contribution >= 0.6 is 0 Å². The van der Waals surface area contributed by atoms with Gasteiger partial charge in [0.25, 0.3) is 5.91 Å². The Kier molecular flexibility index (Phi) is 6.76. The summed E-state index contributed by atoms with van der Waals surface area (Å²) in [6.45, 7) is 1.39. The Morgan fingerprint density at radius 1 is 1.06 bits per heavy atom. The highest BCUT2D eigenvalue weighted by Gasteiger charge is 2.22. The first-order valence-corrected chi connectivity index (χ1v) is 12.1. The Balaban J connectivity index is 1.33. The molecule has 2 amide bonds. The predicted octanol–water partition coefficient (Wildman–Crippen LogP) is 5.04. The van der Waals surface area contributed by atoms with E-state index in [0.29, 0.717) is 41.6 Å². The third-order valence-corrected chi connectivity index (χ3v) is 6.11. The van der Waals surface area contributed by atoms with Gasteiger partial charge in [0.15, 0.2) is 0 Å². The predicted molar refractivity (Wildman–Crippen MR) is 135 cm³/mol. The molecule has 0 unspecified atom stereocenters. The molecule has 1 saturated carbocycles. The van der Waals surface area contributed by atoms with Crippen LogP contribution in [0.5, 0.6) is 5.75 Å². The molecule has 3 aromatic rings. The molecule has 2 aliphatic rings. The van der Waals surface area contributed by atoms with Gasteiger partial charge >= 0.3 is 0 Å². The number of benzene rings is 2. The molecule has 1 N–H and O–H groups in total. The molecule has 35 heavy (non-hydrogen) atoms. The van der Waals surface area contributed by atoms with Crippen molar-refractivity contribution in [3.8, 4) is 17.6 Å². The molecule has 1 saturated heterocycles. The average Bonchev–Trinajstić information content (AvgIpc) is 3.72. The van der Waals surface area contributed by atoms with Gasteiger partial charge in [0, 0.05) is 47.7 Å². The van der Waals surface area contributed by atoms with Crippen molar-refractivity contribution in [3.63, 3.8) is 0 Å². The van der Waals surface area contributed by atoms with Crippen LogP contribution in [-0.4, -0.2) is 29.9 Å². The van der Waals surface area contributed by atoms with E-state index >= 15 is 0 Å². The summed E-state index contributed by atoms with van der Waals surface area (Å²) in [7, 11) is 0. The number of hydrogen-bond donors (Lipinski definition) is 1. The first-order chi connectivity index (χ1) is 17.1. The highest BCUT2D eigenvalue weighted by molar-refractivity contribution is 6.05. The summed E-state index contributed by atoms with van der Waals surface area (Å²) in [5.74, 6) is 7.38. The smallest absolute Gasteiger partial charge is 0.255 e. The summed E-state index contributed by atoms with van der Waals surface area (Å²) in [4.78, 5) is 31.2. The number of aromatic nitrogens is 1. The molecule has 6 heteroatoms. The van der Waals surface area contributed by atoms with Gasteiger partial charge in [-0.25, -0.2) is 4.98 Å². The number of carbonyl (C=O) groups excluding carboxylic acids is 2. The molecule has 5 rings (SSSR count). The monoisotopic (exact) mass is 465 g/mol. The molecule has 1 aromatic heterocycles. The number of nitrogens with zero attached hydrogens (tertiary/aromatic N) is 2. The lowest BCUT2D eigenvalue weighted by Crippen LogP contribution is -2.35. The molecule has 2 heterocycles. The zero-order chi connectivity index (χ0) is 24.0. The van der Waals surface area contributed by atoms with E-state index in [1.54, 1.807) is 23.2 Å². The van der Waals surface area contributed by atoms with E-state index in [4.69, 9.17) is 4.74 Å². The molecular weight excluding hydrogens is 438 g/mol.